The first kappa shape index (κ1) is 25.9. The number of imide groups is 1. The van der Waals surface area contributed by atoms with Crippen LogP contribution < -0.4 is 14.5 Å². The van der Waals surface area contributed by atoms with E-state index >= 15 is 0 Å². The lowest BCUT2D eigenvalue weighted by atomic mass is 9.83. The molecule has 10 heteroatoms. The predicted molar refractivity (Wildman–Crippen MR) is 151 cm³/mol. The molecule has 2 unspecified atom stereocenters. The van der Waals surface area contributed by atoms with Gasteiger partial charge in [0.2, 0.25) is 17.7 Å². The number of likely N-dealkylation sites (tertiary alicyclic amines) is 1. The number of hydrogen-bond donors (Lipinski definition) is 0. The van der Waals surface area contributed by atoms with Crippen LogP contribution in [0.15, 0.2) is 58.4 Å². The highest BCUT2D eigenvalue weighted by atomic mass is 32.2. The van der Waals surface area contributed by atoms with Crippen LogP contribution >= 0.6 is 23.1 Å². The number of piperidine rings is 1. The van der Waals surface area contributed by atoms with Crippen molar-refractivity contribution in [2.45, 2.75) is 48.9 Å². The first-order valence-corrected chi connectivity index (χ1v) is 14.8. The number of aromatic nitrogens is 1. The first-order chi connectivity index (χ1) is 18.9. The number of methoxy groups -OCH3 is 1. The summed E-state index contributed by atoms with van der Waals surface area (Å²) in [4.78, 5) is 57.8. The Hall–Kier alpha value is -3.37. The molecule has 2 aromatic carbocycles. The molecule has 6 rings (SSSR count). The Morgan fingerprint density at radius 2 is 1.64 bits per heavy atom. The van der Waals surface area contributed by atoms with Gasteiger partial charge in [-0.1, -0.05) is 52.9 Å². The summed E-state index contributed by atoms with van der Waals surface area (Å²) in [5, 5.41) is -0.0897. The predicted octanol–water partition coefficient (Wildman–Crippen LogP) is 4.04. The first-order valence-electron chi connectivity index (χ1n) is 13.1. The number of ether oxygens (including phenoxy) is 1. The fourth-order valence-corrected chi connectivity index (χ4v) is 8.53. The number of benzene rings is 2. The van der Waals surface area contributed by atoms with Crippen molar-refractivity contribution in [2.75, 3.05) is 25.1 Å². The van der Waals surface area contributed by atoms with Crippen LogP contribution in [0.1, 0.15) is 41.2 Å². The zero-order valence-electron chi connectivity index (χ0n) is 21.8. The largest absolute Gasteiger partial charge is 0.497 e. The summed E-state index contributed by atoms with van der Waals surface area (Å²) < 4.78 is 6.85. The van der Waals surface area contributed by atoms with Crippen LogP contribution in [0, 0.1) is 12.8 Å². The SMILES string of the molecule is COc1ccc([C@H]2c3sc(=O)n(CC(=O)N4CCCCC4)c3SC3C(=O)N(c4ccc(C)cc4)C(=O)C32)cc1. The van der Waals surface area contributed by atoms with E-state index in [9.17, 15) is 19.2 Å². The molecular weight excluding hydrogens is 534 g/mol. The van der Waals surface area contributed by atoms with Crippen molar-refractivity contribution < 1.29 is 19.1 Å². The molecule has 0 saturated carbocycles. The summed E-state index contributed by atoms with van der Waals surface area (Å²) in [6.07, 6.45) is 3.03. The third kappa shape index (κ3) is 4.49. The molecule has 3 atom stereocenters. The lowest BCUT2D eigenvalue weighted by Crippen LogP contribution is -2.39. The van der Waals surface area contributed by atoms with Crippen LogP contribution in [0.4, 0.5) is 5.69 Å². The molecule has 3 aliphatic heterocycles. The molecule has 3 amide bonds. The van der Waals surface area contributed by atoms with E-state index in [1.165, 1.54) is 21.2 Å². The monoisotopic (exact) mass is 563 g/mol. The Morgan fingerprint density at radius 3 is 2.31 bits per heavy atom. The Labute approximate surface area is 234 Å². The number of fused-ring (bicyclic) bond motifs is 2. The van der Waals surface area contributed by atoms with Gasteiger partial charge in [0.25, 0.3) is 0 Å². The van der Waals surface area contributed by atoms with Gasteiger partial charge in [-0.3, -0.25) is 23.7 Å². The fourth-order valence-electron chi connectivity index (χ4n) is 5.75. The molecule has 202 valence electrons. The van der Waals surface area contributed by atoms with Gasteiger partial charge in [-0.2, -0.15) is 0 Å². The van der Waals surface area contributed by atoms with Crippen molar-refractivity contribution in [3.63, 3.8) is 0 Å². The van der Waals surface area contributed by atoms with Crippen LogP contribution in [-0.2, 0) is 20.9 Å². The Morgan fingerprint density at radius 1 is 0.949 bits per heavy atom. The third-order valence-electron chi connectivity index (χ3n) is 7.82. The molecule has 0 radical (unpaired) electrons. The van der Waals surface area contributed by atoms with E-state index in [-0.39, 0.29) is 29.1 Å². The summed E-state index contributed by atoms with van der Waals surface area (Å²) in [7, 11) is 1.59. The molecule has 3 aromatic rings. The molecule has 0 spiro atoms. The number of thiazole rings is 1. The second-order valence-corrected chi connectivity index (χ2v) is 12.4. The molecule has 39 heavy (non-hydrogen) atoms. The number of amides is 3. The minimum Gasteiger partial charge on any atom is -0.497 e. The lowest BCUT2D eigenvalue weighted by Gasteiger charge is -2.31. The molecular formula is C29H29N3O5S2. The van der Waals surface area contributed by atoms with Crippen LogP contribution in [0.3, 0.4) is 0 Å². The lowest BCUT2D eigenvalue weighted by molar-refractivity contribution is -0.133. The molecule has 1 aromatic heterocycles. The highest BCUT2D eigenvalue weighted by molar-refractivity contribution is 8.00. The quantitative estimate of drug-likeness (QED) is 0.436. The summed E-state index contributed by atoms with van der Waals surface area (Å²) in [6, 6.07) is 14.8. The Kier molecular flexibility index (Phi) is 6.84. The van der Waals surface area contributed by atoms with Crippen molar-refractivity contribution in [3.05, 3.63) is 74.2 Å². The van der Waals surface area contributed by atoms with Gasteiger partial charge in [-0.25, -0.2) is 4.90 Å². The summed E-state index contributed by atoms with van der Waals surface area (Å²) in [5.41, 5.74) is 2.40. The van der Waals surface area contributed by atoms with E-state index in [0.29, 0.717) is 29.6 Å². The molecule has 2 fully saturated rings. The van der Waals surface area contributed by atoms with Crippen LogP contribution in [0.25, 0.3) is 0 Å². The maximum atomic E-state index is 14.0. The van der Waals surface area contributed by atoms with E-state index in [1.54, 1.807) is 19.2 Å². The van der Waals surface area contributed by atoms with Gasteiger partial charge in [0, 0.05) is 23.9 Å². The number of anilines is 1. The van der Waals surface area contributed by atoms with Crippen molar-refractivity contribution >= 4 is 46.5 Å². The summed E-state index contributed by atoms with van der Waals surface area (Å²) in [6.45, 7) is 3.29. The number of rotatable bonds is 5. The van der Waals surface area contributed by atoms with Gasteiger partial charge in [0.15, 0.2) is 0 Å². The standard InChI is InChI=1S/C29H29N3O5S2/c1-17-6-10-19(11-7-17)32-26(34)23-22(18-8-12-20(37-2)13-9-18)25-28(38-24(23)27(32)35)31(29(36)39-25)16-21(33)30-14-4-3-5-15-30/h6-13,22-24H,3-5,14-16H2,1-2H3/t22-,23?,24?/m1/s1. The van der Waals surface area contributed by atoms with Gasteiger partial charge in [-0.15, -0.1) is 0 Å². The zero-order chi connectivity index (χ0) is 27.3. The van der Waals surface area contributed by atoms with E-state index in [4.69, 9.17) is 4.74 Å². The summed E-state index contributed by atoms with van der Waals surface area (Å²) in [5.74, 6) is -1.15. The second-order valence-electron chi connectivity index (χ2n) is 10.2. The molecule has 4 heterocycles. The fraction of sp³-hybridized carbons (Fsp3) is 0.379. The van der Waals surface area contributed by atoms with Crippen molar-refractivity contribution in [1.82, 2.24) is 9.47 Å². The number of hydrogen-bond acceptors (Lipinski definition) is 7. The molecule has 0 bridgehead atoms. The number of thioether (sulfide) groups is 1. The maximum Gasteiger partial charge on any atom is 0.308 e. The number of aryl methyl sites for hydroxylation is 1. The molecule has 8 nitrogen and oxygen atoms in total. The molecule has 0 N–H and O–H groups in total. The van der Waals surface area contributed by atoms with Gasteiger partial charge < -0.3 is 9.64 Å². The highest BCUT2D eigenvalue weighted by Crippen LogP contribution is 2.54. The van der Waals surface area contributed by atoms with Crippen LogP contribution in [0.2, 0.25) is 0 Å². The van der Waals surface area contributed by atoms with Gasteiger partial charge >= 0.3 is 4.87 Å². The Balaban J connectivity index is 1.43. The smallest absolute Gasteiger partial charge is 0.308 e. The van der Waals surface area contributed by atoms with Crippen LogP contribution in [-0.4, -0.2) is 52.6 Å². The topological polar surface area (TPSA) is 88.9 Å². The summed E-state index contributed by atoms with van der Waals surface area (Å²) >= 11 is 2.32. The average Bonchev–Trinajstić information content (AvgIpc) is 3.40. The third-order valence-corrected chi connectivity index (χ3v) is 10.4. The highest BCUT2D eigenvalue weighted by Gasteiger charge is 2.56. The van der Waals surface area contributed by atoms with Gasteiger partial charge in [0.05, 0.1) is 23.7 Å². The van der Waals surface area contributed by atoms with E-state index in [1.807, 2.05) is 48.2 Å². The van der Waals surface area contributed by atoms with Crippen molar-refractivity contribution in [3.8, 4) is 5.75 Å². The number of carbonyl (C=O) groups is 3. The molecule has 0 aliphatic carbocycles. The average molecular weight is 564 g/mol. The maximum absolute atomic E-state index is 14.0. The normalized spacial score (nSPS) is 22.6. The van der Waals surface area contributed by atoms with E-state index < -0.39 is 17.1 Å². The Bertz CT molecular complexity index is 1490. The van der Waals surface area contributed by atoms with Crippen molar-refractivity contribution in [2.24, 2.45) is 5.92 Å². The number of carbonyl (C=O) groups excluding carboxylic acids is 3. The van der Waals surface area contributed by atoms with Crippen LogP contribution in [0.5, 0.6) is 5.75 Å². The van der Waals surface area contributed by atoms with E-state index in [2.05, 4.69) is 0 Å². The van der Waals surface area contributed by atoms with Gasteiger partial charge in [0.1, 0.15) is 17.5 Å². The molecule has 2 saturated heterocycles. The van der Waals surface area contributed by atoms with Crippen molar-refractivity contribution in [1.29, 1.82) is 0 Å². The minimum atomic E-state index is -0.705. The minimum absolute atomic E-state index is 0.0613. The van der Waals surface area contributed by atoms with Gasteiger partial charge in [-0.05, 0) is 56.0 Å². The number of nitrogens with zero attached hydrogens (tertiary/aromatic N) is 3. The second kappa shape index (κ2) is 10.3. The van der Waals surface area contributed by atoms with E-state index in [0.717, 1.165) is 46.6 Å². The molecule has 3 aliphatic rings. The zero-order valence-corrected chi connectivity index (χ0v) is 23.4.